The number of benzene rings is 1. The van der Waals surface area contributed by atoms with Crippen molar-refractivity contribution in [3.05, 3.63) is 52.5 Å². The first-order chi connectivity index (χ1) is 14.7. The van der Waals surface area contributed by atoms with E-state index >= 15 is 0 Å². The van der Waals surface area contributed by atoms with E-state index in [1.54, 1.807) is 17.5 Å². The Hall–Kier alpha value is -2.25. The van der Waals surface area contributed by atoms with Crippen molar-refractivity contribution in [1.29, 1.82) is 0 Å². The summed E-state index contributed by atoms with van der Waals surface area (Å²) >= 11 is 1.55. The summed E-state index contributed by atoms with van der Waals surface area (Å²) in [6.45, 7) is 3.27. The summed E-state index contributed by atoms with van der Waals surface area (Å²) in [7, 11) is 0. The summed E-state index contributed by atoms with van der Waals surface area (Å²) in [5.74, 6) is 0.866. The molecule has 0 bridgehead atoms. The van der Waals surface area contributed by atoms with Gasteiger partial charge in [0.25, 0.3) is 0 Å². The number of hydrogen-bond donors (Lipinski definition) is 1. The molecule has 1 aromatic heterocycles. The van der Waals surface area contributed by atoms with Gasteiger partial charge in [-0.1, -0.05) is 43.2 Å². The summed E-state index contributed by atoms with van der Waals surface area (Å²) in [5, 5.41) is 5.97. The maximum absolute atomic E-state index is 12.8. The molecule has 0 radical (unpaired) electrons. The number of hydrogen-bond acceptors (Lipinski definition) is 5. The van der Waals surface area contributed by atoms with Gasteiger partial charge in [0.1, 0.15) is 11.0 Å². The number of nitrogens with zero attached hydrogens (tertiary/aromatic N) is 3. The van der Waals surface area contributed by atoms with Crippen molar-refractivity contribution < 1.29 is 9.59 Å². The Bertz CT molecular complexity index is 813. The van der Waals surface area contributed by atoms with Gasteiger partial charge >= 0.3 is 0 Å². The minimum Gasteiger partial charge on any atom is -0.342 e. The molecule has 160 valence electrons. The summed E-state index contributed by atoms with van der Waals surface area (Å²) in [5.41, 5.74) is 1.03. The highest BCUT2D eigenvalue weighted by atomic mass is 32.1. The van der Waals surface area contributed by atoms with Crippen LogP contribution in [0.15, 0.2) is 41.9 Å². The van der Waals surface area contributed by atoms with E-state index < -0.39 is 0 Å². The third kappa shape index (κ3) is 5.46. The topological polar surface area (TPSA) is 65.5 Å². The highest BCUT2D eigenvalue weighted by Crippen LogP contribution is 2.28. The SMILES string of the molecule is O=C(CN1CCN(C(=O)CC2CCCC2)CC1)NC(c1ccccc1)c1nccs1. The fraction of sp³-hybridized carbons (Fsp3) is 0.522. The second kappa shape index (κ2) is 10.2. The summed E-state index contributed by atoms with van der Waals surface area (Å²) < 4.78 is 0. The predicted octanol–water partition coefficient (Wildman–Crippen LogP) is 3.07. The van der Waals surface area contributed by atoms with Gasteiger partial charge in [-0.05, 0) is 24.3 Å². The van der Waals surface area contributed by atoms with Gasteiger partial charge in [-0.2, -0.15) is 0 Å². The first-order valence-corrected chi connectivity index (χ1v) is 11.8. The molecule has 1 saturated carbocycles. The van der Waals surface area contributed by atoms with Gasteiger partial charge in [0, 0.05) is 44.2 Å². The molecule has 2 aromatic rings. The Morgan fingerprint density at radius 1 is 1.10 bits per heavy atom. The molecule has 1 saturated heterocycles. The normalized spacial score (nSPS) is 19.0. The first kappa shape index (κ1) is 21.0. The van der Waals surface area contributed by atoms with Crippen LogP contribution in [0.4, 0.5) is 0 Å². The Balaban J connectivity index is 1.27. The van der Waals surface area contributed by atoms with Crippen LogP contribution in [-0.2, 0) is 9.59 Å². The molecule has 1 unspecified atom stereocenters. The summed E-state index contributed by atoms with van der Waals surface area (Å²) in [4.78, 5) is 33.8. The summed E-state index contributed by atoms with van der Waals surface area (Å²) in [6, 6.07) is 9.72. The van der Waals surface area contributed by atoms with E-state index in [9.17, 15) is 9.59 Å². The standard InChI is InChI=1S/C23H30N4O2S/c28-20(25-22(23-24-10-15-30-23)19-8-2-1-3-9-19)17-26-11-13-27(14-12-26)21(29)16-18-6-4-5-7-18/h1-3,8-10,15,18,22H,4-7,11-14,16-17H2,(H,25,28). The molecule has 2 fully saturated rings. The third-order valence-electron chi connectivity index (χ3n) is 6.17. The van der Waals surface area contributed by atoms with Gasteiger partial charge in [0.15, 0.2) is 0 Å². The molecular formula is C23H30N4O2S. The molecule has 0 spiro atoms. The molecule has 1 aliphatic heterocycles. The largest absolute Gasteiger partial charge is 0.342 e. The molecule has 1 aromatic carbocycles. The Morgan fingerprint density at radius 2 is 1.83 bits per heavy atom. The van der Waals surface area contributed by atoms with Crippen LogP contribution in [0.2, 0.25) is 0 Å². The Kier molecular flexibility index (Phi) is 7.12. The van der Waals surface area contributed by atoms with E-state index in [-0.39, 0.29) is 11.9 Å². The molecule has 6 nitrogen and oxygen atoms in total. The van der Waals surface area contributed by atoms with E-state index in [0.717, 1.165) is 23.7 Å². The lowest BCUT2D eigenvalue weighted by molar-refractivity contribution is -0.134. The highest BCUT2D eigenvalue weighted by molar-refractivity contribution is 7.09. The van der Waals surface area contributed by atoms with Crippen LogP contribution in [0.25, 0.3) is 0 Å². The second-order valence-corrected chi connectivity index (χ2v) is 9.22. The minimum absolute atomic E-state index is 0.00946. The minimum atomic E-state index is -0.229. The van der Waals surface area contributed by atoms with Crippen LogP contribution >= 0.6 is 11.3 Å². The van der Waals surface area contributed by atoms with Crippen LogP contribution in [0.3, 0.4) is 0 Å². The third-order valence-corrected chi connectivity index (χ3v) is 7.01. The fourth-order valence-corrected chi connectivity index (χ4v) is 5.18. The van der Waals surface area contributed by atoms with Crippen molar-refractivity contribution in [2.75, 3.05) is 32.7 Å². The number of thiazole rings is 1. The number of nitrogens with one attached hydrogen (secondary N) is 1. The molecule has 1 aliphatic carbocycles. The molecule has 2 amide bonds. The van der Waals surface area contributed by atoms with E-state index in [0.29, 0.717) is 37.9 Å². The molecule has 4 rings (SSSR count). The molecular weight excluding hydrogens is 396 g/mol. The molecule has 30 heavy (non-hydrogen) atoms. The lowest BCUT2D eigenvalue weighted by Crippen LogP contribution is -2.51. The smallest absolute Gasteiger partial charge is 0.235 e. The molecule has 1 N–H and O–H groups in total. The van der Waals surface area contributed by atoms with E-state index in [1.807, 2.05) is 40.6 Å². The van der Waals surface area contributed by atoms with Crippen molar-refractivity contribution in [2.24, 2.45) is 5.92 Å². The van der Waals surface area contributed by atoms with Crippen molar-refractivity contribution in [3.63, 3.8) is 0 Å². The van der Waals surface area contributed by atoms with Crippen LogP contribution in [0, 0.1) is 5.92 Å². The van der Waals surface area contributed by atoms with E-state index in [1.165, 1.54) is 25.7 Å². The number of rotatable bonds is 7. The van der Waals surface area contributed by atoms with Gasteiger partial charge in [0.05, 0.1) is 6.54 Å². The van der Waals surface area contributed by atoms with E-state index in [2.05, 4.69) is 15.2 Å². The number of carbonyl (C=O) groups excluding carboxylic acids is 2. The van der Waals surface area contributed by atoms with E-state index in [4.69, 9.17) is 0 Å². The van der Waals surface area contributed by atoms with Gasteiger partial charge in [-0.15, -0.1) is 11.3 Å². The zero-order chi connectivity index (χ0) is 20.8. The van der Waals surface area contributed by atoms with Crippen LogP contribution in [-0.4, -0.2) is 59.3 Å². The van der Waals surface area contributed by atoms with Crippen molar-refractivity contribution in [3.8, 4) is 0 Å². The van der Waals surface area contributed by atoms with Gasteiger partial charge in [-0.25, -0.2) is 4.98 Å². The average molecular weight is 427 g/mol. The number of piperazine rings is 1. The second-order valence-electron chi connectivity index (χ2n) is 8.29. The average Bonchev–Trinajstić information content (AvgIpc) is 3.47. The highest BCUT2D eigenvalue weighted by Gasteiger charge is 2.26. The summed E-state index contributed by atoms with van der Waals surface area (Å²) in [6.07, 6.45) is 7.41. The van der Waals surface area contributed by atoms with Gasteiger partial charge in [-0.3, -0.25) is 14.5 Å². The fourth-order valence-electron chi connectivity index (χ4n) is 4.47. The Labute approximate surface area is 182 Å². The monoisotopic (exact) mass is 426 g/mol. The van der Waals surface area contributed by atoms with Crippen LogP contribution < -0.4 is 5.32 Å². The first-order valence-electron chi connectivity index (χ1n) is 10.9. The lowest BCUT2D eigenvalue weighted by Gasteiger charge is -2.35. The van der Waals surface area contributed by atoms with Gasteiger partial charge < -0.3 is 10.2 Å². The van der Waals surface area contributed by atoms with Crippen LogP contribution in [0.1, 0.15) is 48.7 Å². The number of carbonyl (C=O) groups is 2. The van der Waals surface area contributed by atoms with Crippen molar-refractivity contribution in [1.82, 2.24) is 20.1 Å². The van der Waals surface area contributed by atoms with Crippen molar-refractivity contribution in [2.45, 2.75) is 38.1 Å². The predicted molar refractivity (Wildman–Crippen MR) is 118 cm³/mol. The molecule has 2 aliphatic rings. The molecule has 2 heterocycles. The number of aromatic nitrogens is 1. The zero-order valence-corrected chi connectivity index (χ0v) is 18.2. The Morgan fingerprint density at radius 3 is 2.50 bits per heavy atom. The molecule has 7 heteroatoms. The maximum Gasteiger partial charge on any atom is 0.235 e. The quantitative estimate of drug-likeness (QED) is 0.739. The maximum atomic E-state index is 12.8. The number of amides is 2. The van der Waals surface area contributed by atoms with Gasteiger partial charge in [0.2, 0.25) is 11.8 Å². The zero-order valence-electron chi connectivity index (χ0n) is 17.3. The molecule has 1 atom stereocenters. The van der Waals surface area contributed by atoms with Crippen LogP contribution in [0.5, 0.6) is 0 Å². The lowest BCUT2D eigenvalue weighted by atomic mass is 10.0. The van der Waals surface area contributed by atoms with Crippen molar-refractivity contribution >= 4 is 23.2 Å².